The van der Waals surface area contributed by atoms with Crippen LogP contribution in [-0.4, -0.2) is 35.1 Å². The number of hydrogen-bond donors (Lipinski definition) is 1. The molecule has 0 saturated carbocycles. The lowest BCUT2D eigenvalue weighted by atomic mass is 10.0. The van der Waals surface area contributed by atoms with Gasteiger partial charge in [-0.2, -0.15) is 5.26 Å². The number of nitrogens with one attached hydrogen (secondary N) is 1. The largest absolute Gasteiger partial charge is 0.340 e. The highest BCUT2D eigenvalue weighted by Crippen LogP contribution is 2.16. The summed E-state index contributed by atoms with van der Waals surface area (Å²) in [5.74, 6) is 0. The highest BCUT2D eigenvalue weighted by Gasteiger charge is 2.17. The number of likely N-dealkylation sites (tertiary alicyclic amines) is 1. The average molecular weight is 288 g/mol. The first-order chi connectivity index (χ1) is 10.1. The highest BCUT2D eigenvalue weighted by atomic mass is 15.2. The Morgan fingerprint density at radius 2 is 2.24 bits per heavy atom. The molecule has 1 aromatic rings. The minimum absolute atomic E-state index is 0.742. The second-order valence-corrected chi connectivity index (χ2v) is 6.22. The first-order valence-electron chi connectivity index (χ1n) is 8.13. The second kappa shape index (κ2) is 7.63. The summed E-state index contributed by atoms with van der Waals surface area (Å²) in [5.41, 5.74) is 3.16. The quantitative estimate of drug-likeness (QED) is 0.818. The maximum atomic E-state index is 9.04. The van der Waals surface area contributed by atoms with E-state index >= 15 is 0 Å². The van der Waals surface area contributed by atoms with E-state index in [-0.39, 0.29) is 0 Å². The van der Waals surface area contributed by atoms with Crippen molar-refractivity contribution >= 4 is 0 Å². The Hall–Kier alpha value is -1.31. The van der Waals surface area contributed by atoms with E-state index in [0.29, 0.717) is 0 Å². The molecule has 2 heterocycles. The summed E-state index contributed by atoms with van der Waals surface area (Å²) < 4.78 is 1.96. The minimum Gasteiger partial charge on any atom is -0.340 e. The Morgan fingerprint density at radius 1 is 1.43 bits per heavy atom. The molecule has 0 spiro atoms. The standard InChI is InChI=1S/C17H28N4/c1-14-7-4-5-9-21(14)10-6-8-19-13-16-11-17(12-18)20(3)15(16)2/h11,14,19H,4-10,13H2,1-3H3. The molecule has 0 bridgehead atoms. The molecule has 1 aliphatic heterocycles. The Morgan fingerprint density at radius 3 is 2.90 bits per heavy atom. The SMILES string of the molecule is Cc1c(CNCCCN2CCCCC2C)cc(C#N)n1C. The normalized spacial score (nSPS) is 19.6. The average Bonchev–Trinajstić information content (AvgIpc) is 2.76. The molecule has 0 aromatic carbocycles. The summed E-state index contributed by atoms with van der Waals surface area (Å²) >= 11 is 0. The van der Waals surface area contributed by atoms with Crippen LogP contribution in [0.1, 0.15) is 49.6 Å². The van der Waals surface area contributed by atoms with Crippen molar-refractivity contribution in [3.8, 4) is 6.07 Å². The predicted octanol–water partition coefficient (Wildman–Crippen LogP) is 2.56. The van der Waals surface area contributed by atoms with Gasteiger partial charge in [0.1, 0.15) is 11.8 Å². The molecule has 1 aromatic heterocycles. The fourth-order valence-electron chi connectivity index (χ4n) is 3.17. The number of aromatic nitrogens is 1. The monoisotopic (exact) mass is 288 g/mol. The van der Waals surface area contributed by atoms with Crippen LogP contribution in [0.5, 0.6) is 0 Å². The Balaban J connectivity index is 1.69. The van der Waals surface area contributed by atoms with Crippen molar-refractivity contribution in [2.45, 2.75) is 52.1 Å². The van der Waals surface area contributed by atoms with Crippen LogP contribution in [-0.2, 0) is 13.6 Å². The van der Waals surface area contributed by atoms with Crippen molar-refractivity contribution < 1.29 is 0 Å². The molecule has 1 fully saturated rings. The van der Waals surface area contributed by atoms with Gasteiger partial charge in [-0.25, -0.2) is 0 Å². The van der Waals surface area contributed by atoms with Crippen LogP contribution in [0, 0.1) is 18.3 Å². The van der Waals surface area contributed by atoms with Gasteiger partial charge in [-0.05, 0) is 64.4 Å². The molecule has 2 rings (SSSR count). The summed E-state index contributed by atoms with van der Waals surface area (Å²) in [6.45, 7) is 8.79. The van der Waals surface area contributed by atoms with Crippen LogP contribution in [0.3, 0.4) is 0 Å². The molecule has 1 atom stereocenters. The Kier molecular flexibility index (Phi) is 5.84. The zero-order valence-corrected chi connectivity index (χ0v) is 13.7. The van der Waals surface area contributed by atoms with Gasteiger partial charge in [-0.3, -0.25) is 0 Å². The molecule has 21 heavy (non-hydrogen) atoms. The van der Waals surface area contributed by atoms with Gasteiger partial charge in [0.15, 0.2) is 0 Å². The van der Waals surface area contributed by atoms with E-state index in [1.165, 1.54) is 50.0 Å². The van der Waals surface area contributed by atoms with Crippen molar-refractivity contribution in [3.05, 3.63) is 23.0 Å². The lowest BCUT2D eigenvalue weighted by Crippen LogP contribution is -2.38. The van der Waals surface area contributed by atoms with Crippen molar-refractivity contribution in [2.24, 2.45) is 7.05 Å². The smallest absolute Gasteiger partial charge is 0.120 e. The van der Waals surface area contributed by atoms with Crippen molar-refractivity contribution in [1.82, 2.24) is 14.8 Å². The predicted molar refractivity (Wildman–Crippen MR) is 86.1 cm³/mol. The minimum atomic E-state index is 0.742. The third-order valence-corrected chi connectivity index (χ3v) is 4.81. The summed E-state index contributed by atoms with van der Waals surface area (Å²) in [4.78, 5) is 2.62. The summed E-state index contributed by atoms with van der Waals surface area (Å²) in [7, 11) is 1.95. The molecule has 0 aliphatic carbocycles. The third kappa shape index (κ3) is 4.09. The van der Waals surface area contributed by atoms with Gasteiger partial charge in [-0.15, -0.1) is 0 Å². The Labute approximate surface area is 128 Å². The molecule has 0 radical (unpaired) electrons. The second-order valence-electron chi connectivity index (χ2n) is 6.22. The van der Waals surface area contributed by atoms with E-state index in [1.54, 1.807) is 0 Å². The Bertz CT molecular complexity index is 498. The van der Waals surface area contributed by atoms with Crippen molar-refractivity contribution in [1.29, 1.82) is 5.26 Å². The molecule has 1 N–H and O–H groups in total. The first-order valence-corrected chi connectivity index (χ1v) is 8.13. The molecule has 1 saturated heterocycles. The van der Waals surface area contributed by atoms with Gasteiger partial charge in [0.2, 0.25) is 0 Å². The van der Waals surface area contributed by atoms with Gasteiger partial charge in [0.05, 0.1) is 0 Å². The van der Waals surface area contributed by atoms with Crippen LogP contribution >= 0.6 is 0 Å². The van der Waals surface area contributed by atoms with E-state index in [2.05, 4.69) is 30.1 Å². The summed E-state index contributed by atoms with van der Waals surface area (Å²) in [5, 5.41) is 12.6. The molecular formula is C17H28N4. The van der Waals surface area contributed by atoms with Gasteiger partial charge in [0, 0.05) is 25.3 Å². The van der Waals surface area contributed by atoms with E-state index in [1.807, 2.05) is 17.7 Å². The van der Waals surface area contributed by atoms with Crippen molar-refractivity contribution in [2.75, 3.05) is 19.6 Å². The molecule has 4 nitrogen and oxygen atoms in total. The molecule has 1 unspecified atom stereocenters. The van der Waals surface area contributed by atoms with Gasteiger partial charge in [0.25, 0.3) is 0 Å². The lowest BCUT2D eigenvalue weighted by Gasteiger charge is -2.33. The van der Waals surface area contributed by atoms with Crippen LogP contribution in [0.4, 0.5) is 0 Å². The third-order valence-electron chi connectivity index (χ3n) is 4.81. The van der Waals surface area contributed by atoms with Gasteiger partial charge >= 0.3 is 0 Å². The van der Waals surface area contributed by atoms with Crippen LogP contribution in [0.15, 0.2) is 6.07 Å². The highest BCUT2D eigenvalue weighted by molar-refractivity contribution is 5.33. The van der Waals surface area contributed by atoms with E-state index in [0.717, 1.165) is 24.8 Å². The maximum absolute atomic E-state index is 9.04. The zero-order chi connectivity index (χ0) is 15.2. The zero-order valence-electron chi connectivity index (χ0n) is 13.7. The fourth-order valence-corrected chi connectivity index (χ4v) is 3.17. The molecular weight excluding hydrogens is 260 g/mol. The van der Waals surface area contributed by atoms with Gasteiger partial charge < -0.3 is 14.8 Å². The number of nitriles is 1. The molecule has 0 amide bonds. The number of nitrogens with zero attached hydrogens (tertiary/aromatic N) is 3. The van der Waals surface area contributed by atoms with E-state index < -0.39 is 0 Å². The first kappa shape index (κ1) is 16.1. The van der Waals surface area contributed by atoms with Crippen molar-refractivity contribution in [3.63, 3.8) is 0 Å². The lowest BCUT2D eigenvalue weighted by molar-refractivity contribution is 0.159. The topological polar surface area (TPSA) is 44.0 Å². The fraction of sp³-hybridized carbons (Fsp3) is 0.706. The molecule has 116 valence electrons. The molecule has 4 heteroatoms. The molecule has 1 aliphatic rings. The number of piperidine rings is 1. The maximum Gasteiger partial charge on any atom is 0.120 e. The van der Waals surface area contributed by atoms with E-state index in [9.17, 15) is 0 Å². The van der Waals surface area contributed by atoms with Crippen LogP contribution < -0.4 is 5.32 Å². The van der Waals surface area contributed by atoms with Crippen LogP contribution in [0.2, 0.25) is 0 Å². The summed E-state index contributed by atoms with van der Waals surface area (Å²) in [6, 6.07) is 4.99. The summed E-state index contributed by atoms with van der Waals surface area (Å²) in [6.07, 6.45) is 5.30. The van der Waals surface area contributed by atoms with E-state index in [4.69, 9.17) is 5.26 Å². The van der Waals surface area contributed by atoms with Gasteiger partial charge in [-0.1, -0.05) is 6.42 Å². The van der Waals surface area contributed by atoms with Crippen LogP contribution in [0.25, 0.3) is 0 Å². The number of hydrogen-bond acceptors (Lipinski definition) is 3. The number of rotatable bonds is 6.